The Kier molecular flexibility index (Phi) is 6.14. The Hall–Kier alpha value is -3.63. The first-order valence-electron chi connectivity index (χ1n) is 9.32. The molecule has 0 fully saturated rings. The van der Waals surface area contributed by atoms with Crippen molar-refractivity contribution in [3.05, 3.63) is 42.5 Å². The summed E-state index contributed by atoms with van der Waals surface area (Å²) in [5.41, 5.74) is 2.19. The number of aromatic nitrogens is 3. The number of rotatable bonds is 7. The van der Waals surface area contributed by atoms with E-state index in [1.165, 1.54) is 18.5 Å². The molecule has 1 amide bonds. The minimum atomic E-state index is -4.50. The number of carbonyl (C=O) groups is 2. The predicted molar refractivity (Wildman–Crippen MR) is 108 cm³/mol. The van der Waals surface area contributed by atoms with Crippen molar-refractivity contribution in [1.29, 1.82) is 0 Å². The van der Waals surface area contributed by atoms with Gasteiger partial charge >= 0.3 is 12.1 Å². The zero-order valence-corrected chi connectivity index (χ0v) is 16.6. The largest absolute Gasteiger partial charge is 0.478 e. The number of aromatic carboxylic acids is 1. The van der Waals surface area contributed by atoms with Crippen molar-refractivity contribution in [3.8, 4) is 11.1 Å². The summed E-state index contributed by atoms with van der Waals surface area (Å²) < 4.78 is 37.3. The topological polar surface area (TPSA) is 120 Å². The standard InChI is InChI=1S/C20H20F3N5O3/c1-10(2)16(18(29)27-9-20(21,22)23)28-13-3-11(5-24-7-13)15-8-26-17-14(15)4-12(6-25-17)19(30)31/h3-8,10,16,28H,9H2,1-2H3,(H,25,26)(H,27,29)(H,30,31). The Morgan fingerprint density at radius 3 is 2.58 bits per heavy atom. The number of halogens is 3. The van der Waals surface area contributed by atoms with E-state index in [9.17, 15) is 27.9 Å². The number of nitrogens with one attached hydrogen (secondary N) is 3. The number of aromatic amines is 1. The fourth-order valence-corrected chi connectivity index (χ4v) is 3.04. The van der Waals surface area contributed by atoms with Crippen LogP contribution in [-0.2, 0) is 4.79 Å². The zero-order valence-electron chi connectivity index (χ0n) is 16.6. The molecule has 11 heteroatoms. The first-order valence-corrected chi connectivity index (χ1v) is 9.32. The number of carboxylic acid groups (broad SMARTS) is 1. The third kappa shape index (κ3) is 5.30. The van der Waals surface area contributed by atoms with Crippen molar-refractivity contribution in [2.75, 3.05) is 11.9 Å². The molecule has 4 N–H and O–H groups in total. The Morgan fingerprint density at radius 1 is 1.19 bits per heavy atom. The molecule has 3 heterocycles. The molecule has 0 saturated heterocycles. The summed E-state index contributed by atoms with van der Waals surface area (Å²) >= 11 is 0. The highest BCUT2D eigenvalue weighted by Crippen LogP contribution is 2.29. The van der Waals surface area contributed by atoms with Gasteiger partial charge in [-0.3, -0.25) is 9.78 Å². The summed E-state index contributed by atoms with van der Waals surface area (Å²) in [6, 6.07) is 2.25. The van der Waals surface area contributed by atoms with Gasteiger partial charge in [-0.2, -0.15) is 13.2 Å². The van der Waals surface area contributed by atoms with Gasteiger partial charge in [0.1, 0.15) is 18.2 Å². The highest BCUT2D eigenvalue weighted by molar-refractivity contribution is 5.98. The van der Waals surface area contributed by atoms with Gasteiger partial charge in [0.05, 0.1) is 11.3 Å². The lowest BCUT2D eigenvalue weighted by molar-refractivity contribution is -0.139. The minimum absolute atomic E-state index is 0.0248. The van der Waals surface area contributed by atoms with E-state index in [1.807, 2.05) is 5.32 Å². The van der Waals surface area contributed by atoms with Crippen LogP contribution in [0.4, 0.5) is 18.9 Å². The van der Waals surface area contributed by atoms with Crippen LogP contribution >= 0.6 is 0 Å². The Morgan fingerprint density at radius 2 is 1.94 bits per heavy atom. The molecular formula is C20H20F3N5O3. The predicted octanol–water partition coefficient (Wildman–Crippen LogP) is 3.44. The lowest BCUT2D eigenvalue weighted by atomic mass is 10.0. The van der Waals surface area contributed by atoms with E-state index in [4.69, 9.17) is 0 Å². The van der Waals surface area contributed by atoms with E-state index in [1.54, 1.807) is 32.3 Å². The number of hydrogen-bond acceptors (Lipinski definition) is 5. The molecule has 0 bridgehead atoms. The van der Waals surface area contributed by atoms with Gasteiger partial charge in [-0.1, -0.05) is 13.8 Å². The van der Waals surface area contributed by atoms with Crippen molar-refractivity contribution >= 4 is 28.6 Å². The molecule has 0 aliphatic rings. The summed E-state index contributed by atoms with van der Waals surface area (Å²) in [5, 5.41) is 14.6. The molecule has 164 valence electrons. The van der Waals surface area contributed by atoms with Crippen LogP contribution in [0.15, 0.2) is 36.9 Å². The van der Waals surface area contributed by atoms with E-state index in [0.29, 0.717) is 27.8 Å². The van der Waals surface area contributed by atoms with Crippen LogP contribution in [0.1, 0.15) is 24.2 Å². The van der Waals surface area contributed by atoms with Crippen molar-refractivity contribution in [2.45, 2.75) is 26.1 Å². The van der Waals surface area contributed by atoms with Gasteiger partial charge in [0.2, 0.25) is 5.91 Å². The molecule has 1 atom stereocenters. The van der Waals surface area contributed by atoms with Crippen molar-refractivity contribution in [1.82, 2.24) is 20.3 Å². The number of hydrogen-bond donors (Lipinski definition) is 4. The molecule has 0 aromatic carbocycles. The molecule has 0 spiro atoms. The van der Waals surface area contributed by atoms with Crippen LogP contribution < -0.4 is 10.6 Å². The second-order valence-electron chi connectivity index (χ2n) is 7.29. The fourth-order valence-electron chi connectivity index (χ4n) is 3.04. The molecule has 0 saturated carbocycles. The number of carboxylic acids is 1. The quantitative estimate of drug-likeness (QED) is 0.451. The maximum Gasteiger partial charge on any atom is 0.405 e. The average molecular weight is 435 g/mol. The third-order valence-corrected chi connectivity index (χ3v) is 4.56. The van der Waals surface area contributed by atoms with E-state index in [2.05, 4.69) is 20.3 Å². The van der Waals surface area contributed by atoms with Crippen molar-refractivity contribution < 1.29 is 27.9 Å². The molecule has 3 aromatic rings. The Labute approximate surface area is 174 Å². The molecule has 0 aliphatic heterocycles. The van der Waals surface area contributed by atoms with Gasteiger partial charge in [0.15, 0.2) is 0 Å². The van der Waals surface area contributed by atoms with Gasteiger partial charge in [-0.05, 0) is 18.1 Å². The van der Waals surface area contributed by atoms with Crippen LogP contribution in [0.5, 0.6) is 0 Å². The molecule has 0 radical (unpaired) electrons. The molecule has 1 unspecified atom stereocenters. The minimum Gasteiger partial charge on any atom is -0.478 e. The van der Waals surface area contributed by atoms with E-state index >= 15 is 0 Å². The molecule has 8 nitrogen and oxygen atoms in total. The number of fused-ring (bicyclic) bond motifs is 1. The molecule has 31 heavy (non-hydrogen) atoms. The maximum atomic E-state index is 12.4. The molecule has 3 rings (SSSR count). The first kappa shape index (κ1) is 22.1. The number of alkyl halides is 3. The summed E-state index contributed by atoms with van der Waals surface area (Å²) in [6.07, 6.45) is 1.39. The van der Waals surface area contributed by atoms with Gasteiger partial charge in [0, 0.05) is 41.3 Å². The van der Waals surface area contributed by atoms with Crippen LogP contribution in [-0.4, -0.2) is 50.7 Å². The third-order valence-electron chi connectivity index (χ3n) is 4.56. The smallest absolute Gasteiger partial charge is 0.405 e. The van der Waals surface area contributed by atoms with Gasteiger partial charge in [-0.15, -0.1) is 0 Å². The number of carbonyl (C=O) groups excluding carboxylic acids is 1. The monoisotopic (exact) mass is 435 g/mol. The van der Waals surface area contributed by atoms with Crippen LogP contribution in [0.25, 0.3) is 22.2 Å². The summed E-state index contributed by atoms with van der Waals surface area (Å²) in [7, 11) is 0. The fraction of sp³-hybridized carbons (Fsp3) is 0.300. The second-order valence-corrected chi connectivity index (χ2v) is 7.29. The Bertz CT molecular complexity index is 1110. The summed E-state index contributed by atoms with van der Waals surface area (Å²) in [5.74, 6) is -2.19. The average Bonchev–Trinajstić information content (AvgIpc) is 3.13. The van der Waals surface area contributed by atoms with Crippen LogP contribution in [0, 0.1) is 5.92 Å². The SMILES string of the molecule is CC(C)C(Nc1cncc(-c2c[nH]c3ncc(C(=O)O)cc23)c1)C(=O)NCC(F)(F)F. The first-order chi connectivity index (χ1) is 14.5. The number of pyridine rings is 2. The van der Waals surface area contributed by atoms with Crippen LogP contribution in [0.2, 0.25) is 0 Å². The lowest BCUT2D eigenvalue weighted by Crippen LogP contribution is -2.46. The number of amides is 1. The normalized spacial score (nSPS) is 12.7. The highest BCUT2D eigenvalue weighted by Gasteiger charge is 2.30. The number of anilines is 1. The molecular weight excluding hydrogens is 415 g/mol. The molecule has 0 aliphatic carbocycles. The van der Waals surface area contributed by atoms with Crippen LogP contribution in [0.3, 0.4) is 0 Å². The van der Waals surface area contributed by atoms with E-state index in [-0.39, 0.29) is 11.5 Å². The lowest BCUT2D eigenvalue weighted by Gasteiger charge is -2.23. The van der Waals surface area contributed by atoms with Gasteiger partial charge < -0.3 is 20.7 Å². The van der Waals surface area contributed by atoms with Crippen molar-refractivity contribution in [2.24, 2.45) is 5.92 Å². The Balaban J connectivity index is 1.87. The maximum absolute atomic E-state index is 12.4. The highest BCUT2D eigenvalue weighted by atomic mass is 19.4. The van der Waals surface area contributed by atoms with E-state index in [0.717, 1.165) is 0 Å². The zero-order chi connectivity index (χ0) is 22.8. The van der Waals surface area contributed by atoms with Gasteiger partial charge in [-0.25, -0.2) is 9.78 Å². The number of H-pyrrole nitrogens is 1. The number of nitrogens with zero attached hydrogens (tertiary/aromatic N) is 2. The summed E-state index contributed by atoms with van der Waals surface area (Å²) in [4.78, 5) is 34.7. The van der Waals surface area contributed by atoms with E-state index < -0.39 is 30.6 Å². The summed E-state index contributed by atoms with van der Waals surface area (Å²) in [6.45, 7) is 2.00. The van der Waals surface area contributed by atoms with Gasteiger partial charge in [0.25, 0.3) is 0 Å². The second kappa shape index (κ2) is 8.62. The van der Waals surface area contributed by atoms with Crippen molar-refractivity contribution in [3.63, 3.8) is 0 Å². The molecule has 3 aromatic heterocycles.